The average Bonchev–Trinajstić information content (AvgIpc) is 3.26. The minimum absolute atomic E-state index is 0.288. The van der Waals surface area contributed by atoms with Gasteiger partial charge >= 0.3 is 0 Å². The van der Waals surface area contributed by atoms with Gasteiger partial charge in [-0.25, -0.2) is 4.98 Å². The molecule has 1 heterocycles. The number of aromatic nitrogens is 1. The van der Waals surface area contributed by atoms with E-state index >= 15 is 0 Å². The molecule has 2 atom stereocenters. The molecule has 0 saturated heterocycles. The van der Waals surface area contributed by atoms with Gasteiger partial charge in [-0.3, -0.25) is 0 Å². The van der Waals surface area contributed by atoms with Crippen LogP contribution in [0.3, 0.4) is 0 Å². The van der Waals surface area contributed by atoms with E-state index in [9.17, 15) is 5.11 Å². The summed E-state index contributed by atoms with van der Waals surface area (Å²) in [5.41, 5.74) is 4.23. The highest BCUT2D eigenvalue weighted by Crippen LogP contribution is 2.43. The molecule has 3 heteroatoms. The van der Waals surface area contributed by atoms with E-state index in [1.807, 2.05) is 48.5 Å². The maximum Gasteiger partial charge on any atom is 0.198 e. The third-order valence-corrected chi connectivity index (χ3v) is 6.36. The van der Waals surface area contributed by atoms with E-state index in [2.05, 4.69) is 30.3 Å². The van der Waals surface area contributed by atoms with Gasteiger partial charge in [0.25, 0.3) is 0 Å². The van der Waals surface area contributed by atoms with Crippen LogP contribution < -0.4 is 0 Å². The van der Waals surface area contributed by atoms with Crippen LogP contribution in [-0.2, 0) is 6.42 Å². The van der Waals surface area contributed by atoms with Crippen molar-refractivity contribution in [2.24, 2.45) is 5.92 Å². The minimum Gasteiger partial charge on any atom is -0.508 e. The van der Waals surface area contributed by atoms with Crippen LogP contribution in [0.4, 0.5) is 0 Å². The molecule has 3 nitrogen and oxygen atoms in total. The zero-order valence-electron chi connectivity index (χ0n) is 17.6. The summed E-state index contributed by atoms with van der Waals surface area (Å²) in [7, 11) is 0. The highest BCUT2D eigenvalue weighted by Gasteiger charge is 2.32. The lowest BCUT2D eigenvalue weighted by Gasteiger charge is -2.29. The lowest BCUT2D eigenvalue weighted by molar-refractivity contribution is 0.265. The van der Waals surface area contributed by atoms with Crippen molar-refractivity contribution in [2.75, 3.05) is 0 Å². The van der Waals surface area contributed by atoms with Crippen LogP contribution >= 0.6 is 0 Å². The normalized spacial score (nSPS) is 18.7. The predicted octanol–water partition coefficient (Wildman–Crippen LogP) is 7.23. The van der Waals surface area contributed by atoms with E-state index in [4.69, 9.17) is 9.40 Å². The van der Waals surface area contributed by atoms with Crippen LogP contribution in [0.5, 0.6) is 5.75 Å². The summed E-state index contributed by atoms with van der Waals surface area (Å²) in [5.74, 6) is 2.78. The largest absolute Gasteiger partial charge is 0.508 e. The molecule has 1 N–H and O–H groups in total. The first kappa shape index (κ1) is 19.6. The Balaban J connectivity index is 1.53. The van der Waals surface area contributed by atoms with Crippen molar-refractivity contribution in [3.8, 4) is 28.3 Å². The Kier molecular flexibility index (Phi) is 5.57. The van der Waals surface area contributed by atoms with E-state index in [0.717, 1.165) is 47.7 Å². The molecule has 0 bridgehead atoms. The van der Waals surface area contributed by atoms with E-state index < -0.39 is 0 Å². The molecule has 156 valence electrons. The number of phenols is 1. The summed E-state index contributed by atoms with van der Waals surface area (Å²) in [4.78, 5) is 5.07. The Hall–Kier alpha value is -3.33. The van der Waals surface area contributed by atoms with Crippen molar-refractivity contribution in [1.29, 1.82) is 0 Å². The molecule has 1 aliphatic carbocycles. The standard InChI is InChI=1S/C28H27NO2/c30-24-16-9-10-20(19-24)18-23-15-7-8-17-25(23)28-29-26(21-11-3-1-4-12-21)27(31-28)22-13-5-2-6-14-22/h1-6,9-14,16,19,23,25,30H,7-8,15,17-18H2. The van der Waals surface area contributed by atoms with Gasteiger partial charge in [0.15, 0.2) is 11.7 Å². The SMILES string of the molecule is Oc1cccc(CC2CCCCC2c2nc(-c3ccccc3)c(-c3ccccc3)o2)c1. The Labute approximate surface area is 183 Å². The molecule has 0 aliphatic heterocycles. The number of rotatable bonds is 5. The molecule has 1 fully saturated rings. The molecule has 31 heavy (non-hydrogen) atoms. The van der Waals surface area contributed by atoms with Gasteiger partial charge in [-0.05, 0) is 42.9 Å². The first-order valence-corrected chi connectivity index (χ1v) is 11.2. The maximum absolute atomic E-state index is 9.89. The third-order valence-electron chi connectivity index (χ3n) is 6.36. The van der Waals surface area contributed by atoms with Crippen molar-refractivity contribution < 1.29 is 9.52 Å². The van der Waals surface area contributed by atoms with Gasteiger partial charge in [0.1, 0.15) is 11.4 Å². The van der Waals surface area contributed by atoms with Crippen molar-refractivity contribution in [3.05, 3.63) is 96.4 Å². The second-order valence-electron chi connectivity index (χ2n) is 8.49. The highest BCUT2D eigenvalue weighted by atomic mass is 16.4. The molecular weight excluding hydrogens is 382 g/mol. The lowest BCUT2D eigenvalue weighted by atomic mass is 9.76. The smallest absolute Gasteiger partial charge is 0.198 e. The Morgan fingerprint density at radius 1 is 0.806 bits per heavy atom. The molecule has 5 rings (SSSR count). The number of hydrogen-bond donors (Lipinski definition) is 1. The summed E-state index contributed by atoms with van der Waals surface area (Å²) in [5, 5.41) is 9.89. The number of benzene rings is 3. The second-order valence-corrected chi connectivity index (χ2v) is 8.49. The Bertz CT molecular complexity index is 1080. The highest BCUT2D eigenvalue weighted by molar-refractivity contribution is 5.76. The molecule has 4 aromatic rings. The fourth-order valence-corrected chi connectivity index (χ4v) is 4.84. The van der Waals surface area contributed by atoms with Crippen LogP contribution in [-0.4, -0.2) is 10.1 Å². The molecule has 1 aliphatic rings. The van der Waals surface area contributed by atoms with Gasteiger partial charge in [0, 0.05) is 17.0 Å². The van der Waals surface area contributed by atoms with E-state index in [0.29, 0.717) is 11.7 Å². The van der Waals surface area contributed by atoms with Gasteiger partial charge in [-0.1, -0.05) is 85.6 Å². The summed E-state index contributed by atoms with van der Waals surface area (Å²) >= 11 is 0. The van der Waals surface area contributed by atoms with Gasteiger partial charge in [0.2, 0.25) is 0 Å². The average molecular weight is 410 g/mol. The van der Waals surface area contributed by atoms with Crippen LogP contribution in [0.15, 0.2) is 89.3 Å². The van der Waals surface area contributed by atoms with Gasteiger partial charge in [0.05, 0.1) is 0 Å². The fourth-order valence-electron chi connectivity index (χ4n) is 4.84. The maximum atomic E-state index is 9.89. The lowest BCUT2D eigenvalue weighted by Crippen LogP contribution is -2.20. The fraction of sp³-hybridized carbons (Fsp3) is 0.250. The van der Waals surface area contributed by atoms with E-state index in [1.165, 1.54) is 18.4 Å². The molecule has 0 spiro atoms. The first-order valence-electron chi connectivity index (χ1n) is 11.2. The summed E-state index contributed by atoms with van der Waals surface area (Å²) < 4.78 is 6.53. The molecule has 3 aromatic carbocycles. The Morgan fingerprint density at radius 3 is 2.26 bits per heavy atom. The topological polar surface area (TPSA) is 46.3 Å². The molecule has 1 aromatic heterocycles. The molecule has 0 amide bonds. The van der Waals surface area contributed by atoms with Crippen LogP contribution in [0.1, 0.15) is 43.1 Å². The van der Waals surface area contributed by atoms with Crippen LogP contribution in [0.25, 0.3) is 22.6 Å². The van der Waals surface area contributed by atoms with Gasteiger partial charge < -0.3 is 9.52 Å². The monoisotopic (exact) mass is 409 g/mol. The second kappa shape index (κ2) is 8.81. The van der Waals surface area contributed by atoms with E-state index in [-0.39, 0.29) is 5.92 Å². The summed E-state index contributed by atoms with van der Waals surface area (Å²) in [6.07, 6.45) is 5.61. The van der Waals surface area contributed by atoms with Crippen LogP contribution in [0, 0.1) is 5.92 Å². The predicted molar refractivity (Wildman–Crippen MR) is 124 cm³/mol. The molecular formula is C28H27NO2. The first-order chi connectivity index (χ1) is 15.3. The molecule has 1 saturated carbocycles. The number of aromatic hydroxyl groups is 1. The number of oxazole rings is 1. The zero-order chi connectivity index (χ0) is 21.0. The molecule has 0 radical (unpaired) electrons. The minimum atomic E-state index is 0.288. The van der Waals surface area contributed by atoms with Gasteiger partial charge in [-0.2, -0.15) is 0 Å². The zero-order valence-corrected chi connectivity index (χ0v) is 17.6. The van der Waals surface area contributed by atoms with E-state index in [1.54, 1.807) is 6.07 Å². The van der Waals surface area contributed by atoms with Crippen LogP contribution in [0.2, 0.25) is 0 Å². The Morgan fingerprint density at radius 2 is 1.52 bits per heavy atom. The number of hydrogen-bond acceptors (Lipinski definition) is 3. The van der Waals surface area contributed by atoms with Crippen molar-refractivity contribution in [2.45, 2.75) is 38.0 Å². The van der Waals surface area contributed by atoms with Crippen molar-refractivity contribution in [3.63, 3.8) is 0 Å². The number of nitrogens with zero attached hydrogens (tertiary/aromatic N) is 1. The van der Waals surface area contributed by atoms with Gasteiger partial charge in [-0.15, -0.1) is 0 Å². The molecule has 2 unspecified atom stereocenters. The number of phenolic OH excluding ortho intramolecular Hbond substituents is 1. The quantitative estimate of drug-likeness (QED) is 0.378. The summed E-state index contributed by atoms with van der Waals surface area (Å²) in [6.45, 7) is 0. The summed E-state index contributed by atoms with van der Waals surface area (Å²) in [6, 6.07) is 28.2. The van der Waals surface area contributed by atoms with Crippen molar-refractivity contribution in [1.82, 2.24) is 4.98 Å². The third kappa shape index (κ3) is 4.27. The van der Waals surface area contributed by atoms with Crippen molar-refractivity contribution >= 4 is 0 Å².